The van der Waals surface area contributed by atoms with Crippen molar-refractivity contribution < 1.29 is 22.4 Å². The number of carbonyl (C=O) groups is 2. The molecule has 1 saturated heterocycles. The largest absolute Gasteiger partial charge is 0.350 e. The Morgan fingerprint density at radius 1 is 1.11 bits per heavy atom. The topological polar surface area (TPSA) is 129 Å². The highest BCUT2D eigenvalue weighted by molar-refractivity contribution is 7.89. The van der Waals surface area contributed by atoms with Crippen molar-refractivity contribution in [1.29, 1.82) is 0 Å². The van der Waals surface area contributed by atoms with E-state index in [4.69, 9.17) is 0 Å². The van der Waals surface area contributed by atoms with Gasteiger partial charge < -0.3 is 16.0 Å². The van der Waals surface area contributed by atoms with Gasteiger partial charge in [-0.25, -0.2) is 22.5 Å². The van der Waals surface area contributed by atoms with Crippen molar-refractivity contribution in [2.24, 2.45) is 11.8 Å². The maximum absolute atomic E-state index is 13.2. The zero-order chi connectivity index (χ0) is 26.3. The van der Waals surface area contributed by atoms with Crippen LogP contribution in [0.5, 0.6) is 0 Å². The summed E-state index contributed by atoms with van der Waals surface area (Å²) in [5.74, 6) is -1.48. The molecular weight excluding hydrogens is 485 g/mol. The number of halogens is 1. The Morgan fingerprint density at radius 2 is 1.78 bits per heavy atom. The van der Waals surface area contributed by atoms with Crippen molar-refractivity contribution in [1.82, 2.24) is 20.3 Å². The number of carbonyl (C=O) groups excluding carboxylic acids is 2. The van der Waals surface area contributed by atoms with Crippen LogP contribution < -0.4 is 20.7 Å². The Kier molecular flexibility index (Phi) is 9.15. The second kappa shape index (κ2) is 11.9. The van der Waals surface area contributed by atoms with Crippen molar-refractivity contribution in [3.8, 4) is 0 Å². The third kappa shape index (κ3) is 8.35. The molecule has 0 bridgehead atoms. The lowest BCUT2D eigenvalue weighted by atomic mass is 9.87. The molecule has 196 valence electrons. The van der Waals surface area contributed by atoms with Crippen molar-refractivity contribution in [3.63, 3.8) is 0 Å². The minimum atomic E-state index is -3.69. The third-order valence-corrected chi connectivity index (χ3v) is 7.56. The first-order valence-electron chi connectivity index (χ1n) is 12.0. The quantitative estimate of drug-likeness (QED) is 0.403. The van der Waals surface area contributed by atoms with Crippen LogP contribution in [0.15, 0.2) is 47.5 Å². The molecule has 0 spiro atoms. The van der Waals surface area contributed by atoms with E-state index in [1.165, 1.54) is 30.3 Å². The number of hydrogen-bond donors (Lipinski definition) is 4. The van der Waals surface area contributed by atoms with Gasteiger partial charge in [0.2, 0.25) is 15.9 Å². The summed E-state index contributed by atoms with van der Waals surface area (Å²) in [5, 5.41) is 8.88. The molecule has 11 heteroatoms. The highest BCUT2D eigenvalue weighted by Gasteiger charge is 2.26. The van der Waals surface area contributed by atoms with Crippen LogP contribution in [-0.2, 0) is 14.8 Å². The molecule has 9 nitrogen and oxygen atoms in total. The van der Waals surface area contributed by atoms with Crippen LogP contribution >= 0.6 is 0 Å². The summed E-state index contributed by atoms with van der Waals surface area (Å²) >= 11 is 0. The van der Waals surface area contributed by atoms with E-state index in [1.807, 2.05) is 0 Å². The maximum Gasteiger partial charge on any atom is 0.269 e. The second-order valence-corrected chi connectivity index (χ2v) is 11.7. The first kappa shape index (κ1) is 27.7. The summed E-state index contributed by atoms with van der Waals surface area (Å²) in [6.45, 7) is 7.12. The normalized spacial score (nSPS) is 15.8. The number of benzene rings is 1. The number of sulfonamides is 1. The smallest absolute Gasteiger partial charge is 0.269 e. The molecular formula is C25H34FN5O4S. The van der Waals surface area contributed by atoms with E-state index in [9.17, 15) is 22.4 Å². The van der Waals surface area contributed by atoms with E-state index >= 15 is 0 Å². The van der Waals surface area contributed by atoms with Crippen molar-refractivity contribution in [2.45, 2.75) is 50.5 Å². The molecule has 3 rings (SSSR count). The Labute approximate surface area is 211 Å². The lowest BCUT2D eigenvalue weighted by Gasteiger charge is -2.27. The molecule has 2 amide bonds. The molecule has 1 aliphatic heterocycles. The predicted molar refractivity (Wildman–Crippen MR) is 135 cm³/mol. The van der Waals surface area contributed by atoms with Gasteiger partial charge in [-0.15, -0.1) is 0 Å². The lowest BCUT2D eigenvalue weighted by Crippen LogP contribution is -2.40. The number of amides is 2. The van der Waals surface area contributed by atoms with Gasteiger partial charge in [0.25, 0.3) is 5.91 Å². The van der Waals surface area contributed by atoms with Crippen LogP contribution in [0.4, 0.5) is 10.1 Å². The zero-order valence-corrected chi connectivity index (χ0v) is 21.6. The summed E-state index contributed by atoms with van der Waals surface area (Å²) in [4.78, 5) is 29.5. The molecule has 2 heterocycles. The summed E-state index contributed by atoms with van der Waals surface area (Å²) in [7, 11) is -3.69. The van der Waals surface area contributed by atoms with Crippen molar-refractivity contribution >= 4 is 27.5 Å². The molecule has 1 atom stereocenters. The number of nitrogens with zero attached hydrogens (tertiary/aromatic N) is 1. The number of rotatable bonds is 9. The van der Waals surface area contributed by atoms with Crippen LogP contribution in [0.25, 0.3) is 0 Å². The molecule has 0 radical (unpaired) electrons. The number of anilines is 1. The maximum atomic E-state index is 13.2. The van der Waals surface area contributed by atoms with E-state index in [1.54, 1.807) is 20.8 Å². The number of aromatic nitrogens is 1. The third-order valence-electron chi connectivity index (χ3n) is 5.79. The fraction of sp³-hybridized carbons (Fsp3) is 0.480. The van der Waals surface area contributed by atoms with E-state index < -0.39 is 33.2 Å². The molecule has 1 aromatic heterocycles. The van der Waals surface area contributed by atoms with Gasteiger partial charge in [0.05, 0.1) is 17.0 Å². The van der Waals surface area contributed by atoms with Gasteiger partial charge >= 0.3 is 0 Å². The zero-order valence-electron chi connectivity index (χ0n) is 20.8. The Hall–Kier alpha value is -2.89. The summed E-state index contributed by atoms with van der Waals surface area (Å²) in [5.41, 5.74) is -0.101. The van der Waals surface area contributed by atoms with Gasteiger partial charge in [0.15, 0.2) is 0 Å². The van der Waals surface area contributed by atoms with Gasteiger partial charge in [-0.05, 0) is 95.4 Å². The summed E-state index contributed by atoms with van der Waals surface area (Å²) < 4.78 is 40.8. The molecule has 1 fully saturated rings. The first-order valence-corrected chi connectivity index (χ1v) is 13.5. The van der Waals surface area contributed by atoms with Crippen molar-refractivity contribution in [2.75, 3.05) is 25.0 Å². The van der Waals surface area contributed by atoms with Crippen LogP contribution in [0.3, 0.4) is 0 Å². The minimum absolute atomic E-state index is 0.0677. The van der Waals surface area contributed by atoms with Crippen LogP contribution in [0.2, 0.25) is 0 Å². The van der Waals surface area contributed by atoms with Gasteiger partial charge in [0.1, 0.15) is 11.5 Å². The highest BCUT2D eigenvalue weighted by atomic mass is 32.2. The van der Waals surface area contributed by atoms with E-state index in [-0.39, 0.29) is 23.0 Å². The molecule has 1 aromatic carbocycles. The highest BCUT2D eigenvalue weighted by Crippen LogP contribution is 2.23. The van der Waals surface area contributed by atoms with E-state index in [0.29, 0.717) is 18.0 Å². The number of pyridine rings is 1. The van der Waals surface area contributed by atoms with Gasteiger partial charge in [0, 0.05) is 17.8 Å². The Balaban J connectivity index is 1.68. The Morgan fingerprint density at radius 3 is 2.36 bits per heavy atom. The number of nitrogens with one attached hydrogen (secondary N) is 4. The number of hydrogen-bond acceptors (Lipinski definition) is 6. The Bertz CT molecular complexity index is 1140. The standard InChI is InChI=1S/C25H34FN5O4S/c1-25(2,3)31-36(34,35)21-7-5-20(6-8-21)30-23(32)18(14-17-10-12-27-13-11-17)15-29-24(33)22-9-4-19(26)16-28-22/h4-9,16-18,27,31H,10-15H2,1-3H3,(H,29,33)(H,30,32)/t18-/m1/s1. The number of piperidine rings is 1. The van der Waals surface area contributed by atoms with Crippen LogP contribution in [0, 0.1) is 17.7 Å². The lowest BCUT2D eigenvalue weighted by molar-refractivity contribution is -0.120. The van der Waals surface area contributed by atoms with Gasteiger partial charge in [-0.2, -0.15) is 0 Å². The predicted octanol–water partition coefficient (Wildman–Crippen LogP) is 2.67. The van der Waals surface area contributed by atoms with Crippen LogP contribution in [-0.4, -0.2) is 50.4 Å². The molecule has 2 aromatic rings. The molecule has 36 heavy (non-hydrogen) atoms. The van der Waals surface area contributed by atoms with Crippen molar-refractivity contribution in [3.05, 3.63) is 54.1 Å². The fourth-order valence-electron chi connectivity index (χ4n) is 4.04. The molecule has 0 unspecified atom stereocenters. The van der Waals surface area contributed by atoms with Gasteiger partial charge in [-0.3, -0.25) is 9.59 Å². The molecule has 0 saturated carbocycles. The average molecular weight is 520 g/mol. The second-order valence-electron chi connectivity index (χ2n) is 10.1. The van der Waals surface area contributed by atoms with E-state index in [0.717, 1.165) is 38.2 Å². The van der Waals surface area contributed by atoms with Gasteiger partial charge in [-0.1, -0.05) is 0 Å². The SMILES string of the molecule is CC(C)(C)NS(=O)(=O)c1ccc(NC(=O)[C@@H](CNC(=O)c2ccc(F)cn2)CC2CCNCC2)cc1. The molecule has 1 aliphatic rings. The minimum Gasteiger partial charge on any atom is -0.350 e. The summed E-state index contributed by atoms with van der Waals surface area (Å²) in [6, 6.07) is 8.40. The molecule has 0 aliphatic carbocycles. The summed E-state index contributed by atoms with van der Waals surface area (Å²) in [6.07, 6.45) is 3.43. The monoisotopic (exact) mass is 519 g/mol. The fourth-order valence-corrected chi connectivity index (χ4v) is 5.46. The van der Waals surface area contributed by atoms with E-state index in [2.05, 4.69) is 25.7 Å². The van der Waals surface area contributed by atoms with Crippen LogP contribution in [0.1, 0.15) is 50.5 Å². The first-order chi connectivity index (χ1) is 16.9. The average Bonchev–Trinajstić information content (AvgIpc) is 2.81. The molecule has 4 N–H and O–H groups in total.